The van der Waals surface area contributed by atoms with Crippen molar-refractivity contribution in [3.05, 3.63) is 22.7 Å². The molecule has 3 rings (SSSR count). The first-order chi connectivity index (χ1) is 9.60. The van der Waals surface area contributed by atoms with Crippen LogP contribution in [-0.4, -0.2) is 33.9 Å². The standard InChI is InChI=1S/C15H20ClN3O/c1-11-17-10-12(16)13(18-11)14(20)19-8-6-15(7-9-19)4-2-3-5-15/h10H,2-9H2,1H3. The second kappa shape index (κ2) is 5.32. The van der Waals surface area contributed by atoms with E-state index in [0.717, 1.165) is 25.9 Å². The van der Waals surface area contributed by atoms with Crippen LogP contribution >= 0.6 is 11.6 Å². The van der Waals surface area contributed by atoms with Gasteiger partial charge in [-0.1, -0.05) is 24.4 Å². The van der Waals surface area contributed by atoms with Crippen molar-refractivity contribution >= 4 is 17.5 Å². The summed E-state index contributed by atoms with van der Waals surface area (Å²) < 4.78 is 0. The number of hydrogen-bond acceptors (Lipinski definition) is 3. The van der Waals surface area contributed by atoms with Crippen LogP contribution in [0, 0.1) is 12.3 Å². The molecule has 1 aromatic heterocycles. The van der Waals surface area contributed by atoms with Gasteiger partial charge in [0, 0.05) is 13.1 Å². The minimum Gasteiger partial charge on any atom is -0.337 e. The van der Waals surface area contributed by atoms with Gasteiger partial charge >= 0.3 is 0 Å². The fourth-order valence-corrected chi connectivity index (χ4v) is 3.74. The number of carbonyl (C=O) groups excluding carboxylic acids is 1. The summed E-state index contributed by atoms with van der Waals surface area (Å²) in [5.41, 5.74) is 0.865. The van der Waals surface area contributed by atoms with Gasteiger partial charge in [0.2, 0.25) is 0 Å². The van der Waals surface area contributed by atoms with Crippen LogP contribution in [0.5, 0.6) is 0 Å². The molecule has 0 aromatic carbocycles. The van der Waals surface area contributed by atoms with Crippen molar-refractivity contribution in [3.8, 4) is 0 Å². The number of halogens is 1. The van der Waals surface area contributed by atoms with Gasteiger partial charge in [0.15, 0.2) is 5.69 Å². The number of aromatic nitrogens is 2. The molecular formula is C15H20ClN3O. The molecule has 0 unspecified atom stereocenters. The highest BCUT2D eigenvalue weighted by Crippen LogP contribution is 2.46. The number of likely N-dealkylation sites (tertiary alicyclic amines) is 1. The minimum absolute atomic E-state index is 0.0478. The van der Waals surface area contributed by atoms with Gasteiger partial charge in [0.05, 0.1) is 11.2 Å². The molecule has 5 heteroatoms. The Morgan fingerprint density at radius 1 is 1.25 bits per heavy atom. The van der Waals surface area contributed by atoms with Crippen LogP contribution in [0.3, 0.4) is 0 Å². The largest absolute Gasteiger partial charge is 0.337 e. The zero-order chi connectivity index (χ0) is 14.2. The lowest BCUT2D eigenvalue weighted by Gasteiger charge is -2.39. The quantitative estimate of drug-likeness (QED) is 0.798. The van der Waals surface area contributed by atoms with E-state index in [1.54, 1.807) is 6.92 Å². The molecule has 1 aliphatic heterocycles. The zero-order valence-electron chi connectivity index (χ0n) is 11.9. The Balaban J connectivity index is 1.71. The summed E-state index contributed by atoms with van der Waals surface area (Å²) >= 11 is 6.06. The number of hydrogen-bond donors (Lipinski definition) is 0. The highest BCUT2D eigenvalue weighted by atomic mass is 35.5. The van der Waals surface area contributed by atoms with Gasteiger partial charge in [-0.05, 0) is 38.0 Å². The van der Waals surface area contributed by atoms with Crippen molar-refractivity contribution in [2.75, 3.05) is 13.1 Å². The molecule has 1 aromatic rings. The van der Waals surface area contributed by atoms with Gasteiger partial charge in [-0.15, -0.1) is 0 Å². The summed E-state index contributed by atoms with van der Waals surface area (Å²) in [4.78, 5) is 22.6. The van der Waals surface area contributed by atoms with E-state index >= 15 is 0 Å². The highest BCUT2D eigenvalue weighted by Gasteiger charge is 2.38. The first-order valence-electron chi connectivity index (χ1n) is 7.38. The summed E-state index contributed by atoms with van der Waals surface area (Å²) in [6.07, 6.45) is 9.14. The predicted molar refractivity (Wildman–Crippen MR) is 77.8 cm³/mol. The Hall–Kier alpha value is -1.16. The topological polar surface area (TPSA) is 46.1 Å². The molecule has 20 heavy (non-hydrogen) atoms. The van der Waals surface area contributed by atoms with Crippen molar-refractivity contribution in [3.63, 3.8) is 0 Å². The van der Waals surface area contributed by atoms with Crippen LogP contribution in [0.4, 0.5) is 0 Å². The number of carbonyl (C=O) groups is 1. The number of piperidine rings is 1. The monoisotopic (exact) mass is 293 g/mol. The normalized spacial score (nSPS) is 21.4. The number of amides is 1. The van der Waals surface area contributed by atoms with Crippen molar-refractivity contribution in [2.24, 2.45) is 5.41 Å². The molecule has 1 spiro atoms. The van der Waals surface area contributed by atoms with Gasteiger partial charge in [0.25, 0.3) is 5.91 Å². The molecule has 0 bridgehead atoms. The first kappa shape index (κ1) is 13.8. The lowest BCUT2D eigenvalue weighted by molar-refractivity contribution is 0.0581. The molecule has 1 aliphatic carbocycles. The van der Waals surface area contributed by atoms with E-state index in [2.05, 4.69) is 9.97 Å². The molecule has 0 radical (unpaired) electrons. The smallest absolute Gasteiger partial charge is 0.274 e. The van der Waals surface area contributed by atoms with Crippen molar-refractivity contribution in [2.45, 2.75) is 45.4 Å². The average Bonchev–Trinajstić information content (AvgIpc) is 2.90. The summed E-state index contributed by atoms with van der Waals surface area (Å²) in [6.45, 7) is 3.44. The van der Waals surface area contributed by atoms with Crippen LogP contribution in [0.2, 0.25) is 5.02 Å². The van der Waals surface area contributed by atoms with E-state index in [9.17, 15) is 4.79 Å². The molecule has 1 saturated carbocycles. The van der Waals surface area contributed by atoms with Crippen LogP contribution in [0.25, 0.3) is 0 Å². The third-order valence-electron chi connectivity index (χ3n) is 4.84. The lowest BCUT2D eigenvalue weighted by Crippen LogP contribution is -2.42. The van der Waals surface area contributed by atoms with Gasteiger partial charge in [-0.25, -0.2) is 9.97 Å². The third kappa shape index (κ3) is 2.53. The van der Waals surface area contributed by atoms with E-state index in [-0.39, 0.29) is 5.91 Å². The number of rotatable bonds is 1. The third-order valence-corrected chi connectivity index (χ3v) is 5.12. The van der Waals surface area contributed by atoms with Gasteiger partial charge in [0.1, 0.15) is 5.82 Å². The molecule has 2 heterocycles. The summed E-state index contributed by atoms with van der Waals surface area (Å²) in [5.74, 6) is 0.537. The van der Waals surface area contributed by atoms with Crippen molar-refractivity contribution < 1.29 is 4.79 Å². The number of nitrogens with zero attached hydrogens (tertiary/aromatic N) is 3. The SMILES string of the molecule is Cc1ncc(Cl)c(C(=O)N2CCC3(CCCC3)CC2)n1. The van der Waals surface area contributed by atoms with Gasteiger partial charge in [-0.3, -0.25) is 4.79 Å². The maximum Gasteiger partial charge on any atom is 0.274 e. The molecule has 2 aliphatic rings. The molecule has 0 N–H and O–H groups in total. The Labute approximate surface area is 124 Å². The number of aryl methyl sites for hydroxylation is 1. The van der Waals surface area contributed by atoms with Crippen molar-refractivity contribution in [1.29, 1.82) is 0 Å². The van der Waals surface area contributed by atoms with Crippen LogP contribution in [-0.2, 0) is 0 Å². The highest BCUT2D eigenvalue weighted by molar-refractivity contribution is 6.33. The van der Waals surface area contributed by atoms with E-state index in [0.29, 0.717) is 22.0 Å². The van der Waals surface area contributed by atoms with E-state index in [1.165, 1.54) is 31.9 Å². The summed E-state index contributed by atoms with van der Waals surface area (Å²) in [6, 6.07) is 0. The van der Waals surface area contributed by atoms with Crippen LogP contribution < -0.4 is 0 Å². The van der Waals surface area contributed by atoms with E-state index in [1.807, 2.05) is 4.90 Å². The molecule has 4 nitrogen and oxygen atoms in total. The second-order valence-corrected chi connectivity index (χ2v) is 6.52. The first-order valence-corrected chi connectivity index (χ1v) is 7.76. The maximum absolute atomic E-state index is 12.5. The molecule has 108 valence electrons. The molecule has 0 atom stereocenters. The zero-order valence-corrected chi connectivity index (χ0v) is 12.6. The Morgan fingerprint density at radius 3 is 2.55 bits per heavy atom. The summed E-state index contributed by atoms with van der Waals surface area (Å²) in [5, 5.41) is 0.349. The van der Waals surface area contributed by atoms with Crippen molar-refractivity contribution in [1.82, 2.24) is 14.9 Å². The van der Waals surface area contributed by atoms with Gasteiger partial charge in [-0.2, -0.15) is 0 Å². The predicted octanol–water partition coefficient (Wildman–Crippen LogP) is 3.23. The Bertz CT molecular complexity index is 516. The van der Waals surface area contributed by atoms with E-state index in [4.69, 9.17) is 11.6 Å². The second-order valence-electron chi connectivity index (χ2n) is 6.11. The van der Waals surface area contributed by atoms with Crippen LogP contribution in [0.15, 0.2) is 6.20 Å². The molecule has 1 amide bonds. The van der Waals surface area contributed by atoms with E-state index < -0.39 is 0 Å². The average molecular weight is 294 g/mol. The van der Waals surface area contributed by atoms with Crippen LogP contribution in [0.1, 0.15) is 54.8 Å². The minimum atomic E-state index is -0.0478. The fourth-order valence-electron chi connectivity index (χ4n) is 3.56. The molecule has 1 saturated heterocycles. The molecular weight excluding hydrogens is 274 g/mol. The lowest BCUT2D eigenvalue weighted by atomic mass is 9.77. The summed E-state index contributed by atoms with van der Waals surface area (Å²) in [7, 11) is 0. The van der Waals surface area contributed by atoms with Gasteiger partial charge < -0.3 is 4.90 Å². The molecule has 2 fully saturated rings. The Kier molecular flexibility index (Phi) is 3.67. The maximum atomic E-state index is 12.5. The Morgan fingerprint density at radius 2 is 1.90 bits per heavy atom. The fraction of sp³-hybridized carbons (Fsp3) is 0.667.